The molecule has 18 heavy (non-hydrogen) atoms. The van der Waals surface area contributed by atoms with Gasteiger partial charge in [-0.1, -0.05) is 0 Å². The lowest BCUT2D eigenvalue weighted by atomic mass is 10.2. The van der Waals surface area contributed by atoms with Gasteiger partial charge in [-0.2, -0.15) is 30.7 Å². The summed E-state index contributed by atoms with van der Waals surface area (Å²) in [4.78, 5) is 0. The molecule has 1 saturated carbocycles. The summed E-state index contributed by atoms with van der Waals surface area (Å²) in [6.07, 6.45) is -14.8. The summed E-state index contributed by atoms with van der Waals surface area (Å²) in [5.41, 5.74) is 0. The van der Waals surface area contributed by atoms with Crippen molar-refractivity contribution in [1.82, 2.24) is 0 Å². The number of hydrogen-bond donors (Lipinski definition) is 0. The molecule has 0 bridgehead atoms. The topological polar surface area (TPSA) is 9.23 Å². The molecule has 0 radical (unpaired) electrons. The van der Waals surface area contributed by atoms with E-state index >= 15 is 0 Å². The maximum Gasteiger partial charge on any atom is 0.414 e. The molecule has 0 heterocycles. The predicted octanol–water partition coefficient (Wildman–Crippen LogP) is 3.63. The van der Waals surface area contributed by atoms with Crippen LogP contribution in [0.2, 0.25) is 0 Å². The molecule has 0 aromatic heterocycles. The highest BCUT2D eigenvalue weighted by molar-refractivity contribution is 5.08. The Morgan fingerprint density at radius 2 is 1.56 bits per heavy atom. The number of hydrogen-bond acceptors (Lipinski definition) is 1. The van der Waals surface area contributed by atoms with Gasteiger partial charge in [-0.05, 0) is 6.92 Å². The molecule has 1 aliphatic rings. The molecule has 10 heteroatoms. The van der Waals surface area contributed by atoms with Gasteiger partial charge in [-0.15, -0.1) is 0 Å². The van der Waals surface area contributed by atoms with E-state index in [9.17, 15) is 39.5 Å². The van der Waals surface area contributed by atoms with Gasteiger partial charge in [-0.3, -0.25) is 0 Å². The van der Waals surface area contributed by atoms with Crippen molar-refractivity contribution in [1.29, 1.82) is 0 Å². The Hall–Kier alpha value is -0.670. The van der Waals surface area contributed by atoms with Gasteiger partial charge >= 0.3 is 18.0 Å². The lowest BCUT2D eigenvalue weighted by Crippen LogP contribution is -2.46. The van der Waals surface area contributed by atoms with Gasteiger partial charge in [0.1, 0.15) is 0 Å². The van der Waals surface area contributed by atoms with E-state index in [2.05, 4.69) is 4.74 Å². The first-order valence-corrected chi connectivity index (χ1v) is 4.57. The van der Waals surface area contributed by atoms with Gasteiger partial charge in [0.05, 0.1) is 6.42 Å². The van der Waals surface area contributed by atoms with Crippen LogP contribution in [0.1, 0.15) is 13.3 Å². The third-order valence-electron chi connectivity index (χ3n) is 2.48. The molecule has 1 nitrogen and oxygen atoms in total. The quantitative estimate of drug-likeness (QED) is 0.706. The third-order valence-corrected chi connectivity index (χ3v) is 2.48. The molecule has 3 atom stereocenters. The van der Waals surface area contributed by atoms with E-state index in [1.54, 1.807) is 0 Å². The van der Waals surface area contributed by atoms with Gasteiger partial charge in [-0.25, -0.2) is 8.78 Å². The molecule has 0 spiro atoms. The third kappa shape index (κ3) is 2.26. The van der Waals surface area contributed by atoms with Crippen LogP contribution in [0, 0.1) is 0 Å². The number of rotatable bonds is 2. The Balaban J connectivity index is 2.97. The van der Waals surface area contributed by atoms with Gasteiger partial charge in [0.15, 0.2) is 6.10 Å². The van der Waals surface area contributed by atoms with Gasteiger partial charge in [0, 0.05) is 0 Å². The molecule has 0 aromatic rings. The molecule has 3 unspecified atom stereocenters. The normalized spacial score (nSPS) is 36.7. The molecule has 0 saturated heterocycles. The largest absolute Gasteiger partial charge is 0.414 e. The second-order valence-electron chi connectivity index (χ2n) is 3.95. The van der Waals surface area contributed by atoms with Crippen LogP contribution >= 0.6 is 0 Å². The Kier molecular flexibility index (Phi) is 3.34. The van der Waals surface area contributed by atoms with Crippen molar-refractivity contribution in [2.45, 2.75) is 49.5 Å². The Morgan fingerprint density at radius 3 is 1.83 bits per heavy atom. The van der Waals surface area contributed by atoms with E-state index in [4.69, 9.17) is 0 Å². The highest BCUT2D eigenvalue weighted by Gasteiger charge is 2.78. The standard InChI is InChI=1S/C8H7F9O/c1-3(8(15,16)17)18-5(10)2-6(11,12)7(13,14)4(5)9/h3-4H,2H2,1H3. The minimum absolute atomic E-state index is 0.197. The van der Waals surface area contributed by atoms with Crippen molar-refractivity contribution < 1.29 is 44.3 Å². The van der Waals surface area contributed by atoms with Gasteiger partial charge in [0.25, 0.3) is 5.85 Å². The zero-order valence-electron chi connectivity index (χ0n) is 8.67. The average Bonchev–Trinajstić information content (AvgIpc) is 2.23. The van der Waals surface area contributed by atoms with Crippen molar-refractivity contribution in [3.8, 4) is 0 Å². The zero-order chi connectivity index (χ0) is 14.6. The molecule has 0 aliphatic heterocycles. The molecule has 0 N–H and O–H groups in total. The smallest absolute Gasteiger partial charge is 0.331 e. The summed E-state index contributed by atoms with van der Waals surface area (Å²) in [6.45, 7) is 0.197. The summed E-state index contributed by atoms with van der Waals surface area (Å²) in [6, 6.07) is 0. The van der Waals surface area contributed by atoms with Crippen molar-refractivity contribution in [2.24, 2.45) is 0 Å². The molecule has 108 valence electrons. The van der Waals surface area contributed by atoms with Crippen molar-refractivity contribution >= 4 is 0 Å². The molecule has 0 aromatic carbocycles. The zero-order valence-corrected chi connectivity index (χ0v) is 8.67. The molecule has 1 rings (SSSR count). The molecular weight excluding hydrogens is 283 g/mol. The van der Waals surface area contributed by atoms with E-state index in [1.165, 1.54) is 0 Å². The van der Waals surface area contributed by atoms with Crippen LogP contribution < -0.4 is 0 Å². The monoisotopic (exact) mass is 290 g/mol. The summed E-state index contributed by atoms with van der Waals surface area (Å²) in [5.74, 6) is -14.9. The molecule has 0 amide bonds. The molecular formula is C8H7F9O. The van der Waals surface area contributed by atoms with Crippen LogP contribution in [0.3, 0.4) is 0 Å². The first-order valence-electron chi connectivity index (χ1n) is 4.57. The van der Waals surface area contributed by atoms with Crippen molar-refractivity contribution in [3.63, 3.8) is 0 Å². The van der Waals surface area contributed by atoms with Crippen LogP contribution in [0.25, 0.3) is 0 Å². The highest BCUT2D eigenvalue weighted by Crippen LogP contribution is 2.56. The fourth-order valence-corrected chi connectivity index (χ4v) is 1.43. The first-order chi connectivity index (χ1) is 7.74. The van der Waals surface area contributed by atoms with E-state index in [1.807, 2.05) is 0 Å². The van der Waals surface area contributed by atoms with Crippen LogP contribution in [0.5, 0.6) is 0 Å². The van der Waals surface area contributed by atoms with Crippen molar-refractivity contribution in [2.75, 3.05) is 0 Å². The van der Waals surface area contributed by atoms with Crippen LogP contribution in [0.15, 0.2) is 0 Å². The summed E-state index contributed by atoms with van der Waals surface area (Å²) < 4.78 is 116. The maximum absolute atomic E-state index is 13.4. The van der Waals surface area contributed by atoms with E-state index in [0.29, 0.717) is 0 Å². The van der Waals surface area contributed by atoms with Crippen LogP contribution in [-0.4, -0.2) is 36.2 Å². The summed E-state index contributed by atoms with van der Waals surface area (Å²) in [7, 11) is 0. The van der Waals surface area contributed by atoms with Crippen LogP contribution in [0.4, 0.5) is 39.5 Å². The van der Waals surface area contributed by atoms with Crippen molar-refractivity contribution in [3.05, 3.63) is 0 Å². The van der Waals surface area contributed by atoms with Gasteiger partial charge in [0.2, 0.25) is 6.17 Å². The fourth-order valence-electron chi connectivity index (χ4n) is 1.43. The first kappa shape index (κ1) is 15.4. The summed E-state index contributed by atoms with van der Waals surface area (Å²) in [5, 5.41) is 0. The second-order valence-corrected chi connectivity index (χ2v) is 3.95. The molecule has 1 fully saturated rings. The number of halogens is 9. The van der Waals surface area contributed by atoms with E-state index < -0.39 is 42.6 Å². The number of alkyl halides is 9. The second kappa shape index (κ2) is 3.91. The lowest BCUT2D eigenvalue weighted by Gasteiger charge is -2.27. The van der Waals surface area contributed by atoms with E-state index in [-0.39, 0.29) is 6.92 Å². The number of ether oxygens (including phenoxy) is 1. The Labute approximate surface area is 94.9 Å². The minimum Gasteiger partial charge on any atom is -0.331 e. The van der Waals surface area contributed by atoms with E-state index in [0.717, 1.165) is 0 Å². The van der Waals surface area contributed by atoms with Gasteiger partial charge < -0.3 is 4.74 Å². The van der Waals surface area contributed by atoms with Crippen LogP contribution in [-0.2, 0) is 4.74 Å². The fraction of sp³-hybridized carbons (Fsp3) is 1.00. The highest BCUT2D eigenvalue weighted by atomic mass is 19.4. The maximum atomic E-state index is 13.4. The predicted molar refractivity (Wildman–Crippen MR) is 39.8 cm³/mol. The average molecular weight is 290 g/mol. The minimum atomic E-state index is -5.42. The SMILES string of the molecule is CC(OC1(F)CC(F)(F)C(F)(F)C1F)C(F)(F)F. The molecule has 1 aliphatic carbocycles. The Morgan fingerprint density at radius 1 is 1.11 bits per heavy atom. The Bertz CT molecular complexity index is 325. The summed E-state index contributed by atoms with van der Waals surface area (Å²) >= 11 is 0. The lowest BCUT2D eigenvalue weighted by molar-refractivity contribution is -0.294.